The summed E-state index contributed by atoms with van der Waals surface area (Å²) in [5.74, 6) is -0.716. The zero-order valence-corrected chi connectivity index (χ0v) is 9.54. The van der Waals surface area contributed by atoms with Crippen LogP contribution < -0.4 is 5.32 Å². The van der Waals surface area contributed by atoms with Gasteiger partial charge in [0.1, 0.15) is 13.1 Å². The van der Waals surface area contributed by atoms with Crippen LogP contribution in [0.4, 0.5) is 13.2 Å². The number of amides is 1. The lowest BCUT2D eigenvalue weighted by atomic mass is 10.5. The zero-order chi connectivity index (χ0) is 11.5. The van der Waals surface area contributed by atoms with Gasteiger partial charge in [-0.2, -0.15) is 18.3 Å². The maximum absolute atomic E-state index is 11.7. The van der Waals surface area contributed by atoms with Crippen molar-refractivity contribution >= 4 is 28.5 Å². The van der Waals surface area contributed by atoms with Crippen LogP contribution in [-0.2, 0) is 11.3 Å². The maximum atomic E-state index is 11.7. The summed E-state index contributed by atoms with van der Waals surface area (Å²) in [7, 11) is 0. The van der Waals surface area contributed by atoms with E-state index in [1.807, 2.05) is 22.6 Å². The van der Waals surface area contributed by atoms with Crippen molar-refractivity contribution in [3.05, 3.63) is 16.0 Å². The molecule has 1 rings (SSSR count). The molecule has 1 aromatic heterocycles. The smallest absolute Gasteiger partial charge is 0.345 e. The third-order valence-electron chi connectivity index (χ3n) is 1.39. The van der Waals surface area contributed by atoms with Gasteiger partial charge < -0.3 is 5.32 Å². The molecule has 0 aliphatic heterocycles. The van der Waals surface area contributed by atoms with Crippen LogP contribution >= 0.6 is 22.6 Å². The first-order valence-electron chi connectivity index (χ1n) is 3.88. The van der Waals surface area contributed by atoms with Crippen molar-refractivity contribution in [1.82, 2.24) is 15.1 Å². The van der Waals surface area contributed by atoms with Gasteiger partial charge in [0.05, 0.1) is 9.77 Å². The monoisotopic (exact) mass is 333 g/mol. The summed E-state index contributed by atoms with van der Waals surface area (Å²) in [6, 6.07) is 0. The fourth-order valence-electron chi connectivity index (χ4n) is 0.827. The van der Waals surface area contributed by atoms with E-state index in [0.29, 0.717) is 0 Å². The van der Waals surface area contributed by atoms with E-state index in [1.54, 1.807) is 11.5 Å². The molecule has 0 saturated carbocycles. The molecule has 1 aromatic rings. The lowest BCUT2D eigenvalue weighted by molar-refractivity contribution is -0.138. The molecule has 0 aliphatic carbocycles. The number of rotatable bonds is 3. The van der Waals surface area contributed by atoms with Crippen LogP contribution in [0.1, 0.15) is 0 Å². The summed E-state index contributed by atoms with van der Waals surface area (Å²) >= 11 is 1.99. The quantitative estimate of drug-likeness (QED) is 0.844. The van der Waals surface area contributed by atoms with E-state index >= 15 is 0 Å². The molecule has 0 bridgehead atoms. The van der Waals surface area contributed by atoms with E-state index in [-0.39, 0.29) is 6.54 Å². The van der Waals surface area contributed by atoms with Crippen molar-refractivity contribution < 1.29 is 18.0 Å². The van der Waals surface area contributed by atoms with Crippen LogP contribution in [0.3, 0.4) is 0 Å². The fraction of sp³-hybridized carbons (Fsp3) is 0.429. The zero-order valence-electron chi connectivity index (χ0n) is 7.38. The average Bonchev–Trinajstić information content (AvgIpc) is 2.47. The van der Waals surface area contributed by atoms with Crippen LogP contribution in [0.25, 0.3) is 0 Å². The van der Waals surface area contributed by atoms with Crippen LogP contribution in [0, 0.1) is 3.57 Å². The topological polar surface area (TPSA) is 46.9 Å². The Morgan fingerprint density at radius 2 is 2.27 bits per heavy atom. The molecular formula is C7H7F3IN3O. The van der Waals surface area contributed by atoms with Crippen LogP contribution in [-0.4, -0.2) is 28.4 Å². The second kappa shape index (κ2) is 4.81. The Balaban J connectivity index is 2.37. The minimum atomic E-state index is -4.38. The van der Waals surface area contributed by atoms with Gasteiger partial charge >= 0.3 is 6.18 Å². The molecule has 0 radical (unpaired) electrons. The van der Waals surface area contributed by atoms with E-state index in [0.717, 1.165) is 3.57 Å². The van der Waals surface area contributed by atoms with Gasteiger partial charge in [-0.3, -0.25) is 9.48 Å². The minimum Gasteiger partial charge on any atom is -0.345 e. The summed E-state index contributed by atoms with van der Waals surface area (Å²) in [5, 5.41) is 5.52. The van der Waals surface area contributed by atoms with Crippen molar-refractivity contribution in [2.75, 3.05) is 6.54 Å². The predicted octanol–water partition coefficient (Wildman–Crippen LogP) is 1.17. The third-order valence-corrected chi connectivity index (χ3v) is 1.95. The number of halogens is 4. The number of nitrogens with zero attached hydrogens (tertiary/aromatic N) is 2. The molecule has 0 aliphatic rings. The van der Waals surface area contributed by atoms with Crippen LogP contribution in [0.5, 0.6) is 0 Å². The van der Waals surface area contributed by atoms with Gasteiger partial charge in [-0.15, -0.1) is 0 Å². The molecule has 0 spiro atoms. The lowest BCUT2D eigenvalue weighted by Gasteiger charge is -2.07. The van der Waals surface area contributed by atoms with Crippen LogP contribution in [0.15, 0.2) is 12.4 Å². The van der Waals surface area contributed by atoms with Gasteiger partial charge in [-0.1, -0.05) is 0 Å². The Hall–Kier alpha value is -0.800. The molecule has 4 nitrogen and oxygen atoms in total. The molecule has 0 unspecified atom stereocenters. The normalized spacial score (nSPS) is 11.5. The summed E-state index contributed by atoms with van der Waals surface area (Å²) in [5.41, 5.74) is 0. The highest BCUT2D eigenvalue weighted by atomic mass is 127. The Morgan fingerprint density at radius 3 is 2.73 bits per heavy atom. The lowest BCUT2D eigenvalue weighted by Crippen LogP contribution is -2.35. The predicted molar refractivity (Wildman–Crippen MR) is 54.0 cm³/mol. The summed E-state index contributed by atoms with van der Waals surface area (Å²) in [4.78, 5) is 11.0. The SMILES string of the molecule is O=C(Cn1cc(I)cn1)NCC(F)(F)F. The number of hydrogen-bond donors (Lipinski definition) is 1. The largest absolute Gasteiger partial charge is 0.405 e. The molecule has 8 heteroatoms. The second-order valence-electron chi connectivity index (χ2n) is 2.75. The molecule has 0 saturated heterocycles. The standard InChI is InChI=1S/C7H7F3IN3O/c8-7(9,10)4-12-6(15)3-14-2-5(11)1-13-14/h1-2H,3-4H2,(H,12,15). The Kier molecular flexibility index (Phi) is 3.94. The summed E-state index contributed by atoms with van der Waals surface area (Å²) < 4.78 is 37.2. The number of alkyl halides is 3. The number of aromatic nitrogens is 2. The van der Waals surface area contributed by atoms with Crippen molar-refractivity contribution in [2.24, 2.45) is 0 Å². The second-order valence-corrected chi connectivity index (χ2v) is 3.99. The molecule has 0 aromatic carbocycles. The van der Waals surface area contributed by atoms with Gasteiger partial charge in [0.25, 0.3) is 0 Å². The molecule has 84 valence electrons. The molecule has 15 heavy (non-hydrogen) atoms. The maximum Gasteiger partial charge on any atom is 0.405 e. The first kappa shape index (κ1) is 12.3. The van der Waals surface area contributed by atoms with E-state index < -0.39 is 18.6 Å². The van der Waals surface area contributed by atoms with Crippen molar-refractivity contribution in [3.63, 3.8) is 0 Å². The number of carbonyl (C=O) groups is 1. The third kappa shape index (κ3) is 5.00. The number of nitrogens with one attached hydrogen (secondary N) is 1. The molecule has 1 N–H and O–H groups in total. The number of carbonyl (C=O) groups excluding carboxylic acids is 1. The first-order chi connectivity index (χ1) is 6.87. The van der Waals surface area contributed by atoms with Gasteiger partial charge in [0, 0.05) is 6.20 Å². The van der Waals surface area contributed by atoms with Gasteiger partial charge in [-0.25, -0.2) is 0 Å². The van der Waals surface area contributed by atoms with Crippen LogP contribution in [0.2, 0.25) is 0 Å². The Labute approximate surface area is 97.0 Å². The van der Waals surface area contributed by atoms with E-state index in [1.165, 1.54) is 10.9 Å². The minimum absolute atomic E-state index is 0.209. The molecule has 0 atom stereocenters. The van der Waals surface area contributed by atoms with Crippen molar-refractivity contribution in [2.45, 2.75) is 12.7 Å². The van der Waals surface area contributed by atoms with Gasteiger partial charge in [-0.05, 0) is 22.6 Å². The molecule has 0 fully saturated rings. The number of hydrogen-bond acceptors (Lipinski definition) is 2. The van der Waals surface area contributed by atoms with Gasteiger partial charge in [0.2, 0.25) is 5.91 Å². The fourth-order valence-corrected chi connectivity index (χ4v) is 1.27. The summed E-state index contributed by atoms with van der Waals surface area (Å²) in [6.07, 6.45) is -1.31. The molecule has 1 amide bonds. The van der Waals surface area contributed by atoms with Crippen molar-refractivity contribution in [3.8, 4) is 0 Å². The van der Waals surface area contributed by atoms with E-state index in [4.69, 9.17) is 0 Å². The highest BCUT2D eigenvalue weighted by Gasteiger charge is 2.27. The van der Waals surface area contributed by atoms with Gasteiger partial charge in [0.15, 0.2) is 0 Å². The first-order valence-corrected chi connectivity index (χ1v) is 4.96. The molecular weight excluding hydrogens is 326 g/mol. The summed E-state index contributed by atoms with van der Waals surface area (Å²) in [6.45, 7) is -1.52. The van der Waals surface area contributed by atoms with E-state index in [9.17, 15) is 18.0 Å². The average molecular weight is 333 g/mol. The highest BCUT2D eigenvalue weighted by Crippen LogP contribution is 2.12. The Bertz CT molecular complexity index is 349. The highest BCUT2D eigenvalue weighted by molar-refractivity contribution is 14.1. The molecule has 1 heterocycles. The van der Waals surface area contributed by atoms with E-state index in [2.05, 4.69) is 5.10 Å². The Morgan fingerprint density at radius 1 is 1.60 bits per heavy atom. The van der Waals surface area contributed by atoms with Crippen molar-refractivity contribution in [1.29, 1.82) is 0 Å².